The van der Waals surface area contributed by atoms with Crippen LogP contribution >= 0.6 is 0 Å². The lowest BCUT2D eigenvalue weighted by atomic mass is 10.2. The number of pyridine rings is 1. The van der Waals surface area contributed by atoms with Crippen molar-refractivity contribution in [3.63, 3.8) is 0 Å². The lowest BCUT2D eigenvalue weighted by Gasteiger charge is -2.19. The number of oxazole rings is 1. The van der Waals surface area contributed by atoms with E-state index < -0.39 is 18.6 Å². The van der Waals surface area contributed by atoms with Gasteiger partial charge < -0.3 is 20.4 Å². The number of carbonyl (C=O) groups excluding carboxylic acids is 2. The normalized spacial score (nSPS) is 14.4. The first-order valence-corrected chi connectivity index (χ1v) is 9.48. The van der Waals surface area contributed by atoms with Crippen LogP contribution in [0.3, 0.4) is 0 Å². The predicted molar refractivity (Wildman–Crippen MR) is 108 cm³/mol. The van der Waals surface area contributed by atoms with Crippen LogP contribution in [0.15, 0.2) is 40.9 Å². The summed E-state index contributed by atoms with van der Waals surface area (Å²) in [6, 6.07) is 2.77. The fourth-order valence-electron chi connectivity index (χ4n) is 2.89. The number of nitrogens with zero attached hydrogens (tertiary/aromatic N) is 3. The molecule has 3 heterocycles. The van der Waals surface area contributed by atoms with Crippen molar-refractivity contribution < 1.29 is 27.2 Å². The van der Waals surface area contributed by atoms with Crippen LogP contribution in [-0.2, 0) is 4.79 Å². The SMILES string of the molecule is CN/C=C(/NC(=O)c1coc(-c2ccnc(NCC(F)(F)F)c2)n1)C(=N)N1CCCC1=O. The first kappa shape index (κ1) is 22.8. The molecule has 1 aliphatic rings. The number of amides is 2. The Morgan fingerprint density at radius 3 is 2.84 bits per heavy atom. The van der Waals surface area contributed by atoms with Gasteiger partial charge in [0.25, 0.3) is 5.91 Å². The molecule has 3 rings (SSSR count). The lowest BCUT2D eigenvalue weighted by Crippen LogP contribution is -2.39. The quantitative estimate of drug-likeness (QED) is 0.374. The summed E-state index contributed by atoms with van der Waals surface area (Å²) in [5.41, 5.74) is 0.258. The Bertz CT molecular complexity index is 1050. The zero-order chi connectivity index (χ0) is 23.3. The third-order valence-electron chi connectivity index (χ3n) is 4.35. The van der Waals surface area contributed by atoms with Gasteiger partial charge in [0, 0.05) is 38.0 Å². The maximum Gasteiger partial charge on any atom is 0.405 e. The van der Waals surface area contributed by atoms with E-state index in [0.29, 0.717) is 24.9 Å². The summed E-state index contributed by atoms with van der Waals surface area (Å²) in [5, 5.41) is 15.6. The van der Waals surface area contributed by atoms with Gasteiger partial charge in [-0.2, -0.15) is 13.2 Å². The van der Waals surface area contributed by atoms with Crippen LogP contribution in [0.2, 0.25) is 0 Å². The molecule has 0 saturated carbocycles. The second-order valence-corrected chi connectivity index (χ2v) is 6.73. The number of halogens is 3. The molecular formula is C19H20F3N7O3. The molecule has 0 bridgehead atoms. The van der Waals surface area contributed by atoms with Gasteiger partial charge in [0.1, 0.15) is 18.6 Å². The number of amidine groups is 1. The number of alkyl halides is 3. The molecule has 32 heavy (non-hydrogen) atoms. The Morgan fingerprint density at radius 2 is 2.19 bits per heavy atom. The van der Waals surface area contributed by atoms with Gasteiger partial charge in [-0.25, -0.2) is 9.97 Å². The number of carbonyl (C=O) groups is 2. The first-order chi connectivity index (χ1) is 15.2. The van der Waals surface area contributed by atoms with Crippen molar-refractivity contribution >= 4 is 23.5 Å². The Labute approximate surface area is 180 Å². The van der Waals surface area contributed by atoms with Crippen LogP contribution in [0.1, 0.15) is 23.3 Å². The second kappa shape index (κ2) is 9.49. The van der Waals surface area contributed by atoms with E-state index in [1.54, 1.807) is 7.05 Å². The van der Waals surface area contributed by atoms with Crippen molar-refractivity contribution in [2.75, 3.05) is 25.5 Å². The molecule has 0 unspecified atom stereocenters. The second-order valence-electron chi connectivity index (χ2n) is 6.73. The molecule has 2 aromatic heterocycles. The maximum absolute atomic E-state index is 12.6. The Morgan fingerprint density at radius 1 is 1.41 bits per heavy atom. The summed E-state index contributed by atoms with van der Waals surface area (Å²) in [7, 11) is 1.58. The molecule has 2 aromatic rings. The minimum Gasteiger partial charge on any atom is -0.444 e. The summed E-state index contributed by atoms with van der Waals surface area (Å²) < 4.78 is 42.4. The molecule has 13 heteroatoms. The minimum atomic E-state index is -4.40. The van der Waals surface area contributed by atoms with Crippen LogP contribution in [0, 0.1) is 5.41 Å². The van der Waals surface area contributed by atoms with Gasteiger partial charge >= 0.3 is 6.18 Å². The van der Waals surface area contributed by atoms with E-state index in [9.17, 15) is 22.8 Å². The molecule has 1 saturated heterocycles. The highest BCUT2D eigenvalue weighted by Gasteiger charge is 2.28. The maximum atomic E-state index is 12.6. The van der Waals surface area contributed by atoms with Gasteiger partial charge in [-0.15, -0.1) is 0 Å². The molecule has 1 fully saturated rings. The molecule has 2 amide bonds. The smallest absolute Gasteiger partial charge is 0.405 e. The van der Waals surface area contributed by atoms with Crippen LogP contribution in [-0.4, -0.2) is 58.8 Å². The van der Waals surface area contributed by atoms with Crippen molar-refractivity contribution in [3.05, 3.63) is 42.2 Å². The largest absolute Gasteiger partial charge is 0.444 e. The van der Waals surface area contributed by atoms with E-state index in [0.717, 1.165) is 6.26 Å². The van der Waals surface area contributed by atoms with Crippen LogP contribution in [0.4, 0.5) is 19.0 Å². The summed E-state index contributed by atoms with van der Waals surface area (Å²) in [6.07, 6.45) is 0.281. The third-order valence-corrected chi connectivity index (χ3v) is 4.35. The number of hydrogen-bond acceptors (Lipinski definition) is 8. The fraction of sp³-hybridized carbons (Fsp3) is 0.316. The van der Waals surface area contributed by atoms with Crippen LogP contribution in [0.5, 0.6) is 0 Å². The van der Waals surface area contributed by atoms with Gasteiger partial charge in [-0.3, -0.25) is 19.9 Å². The van der Waals surface area contributed by atoms with E-state index in [4.69, 9.17) is 9.83 Å². The average molecular weight is 451 g/mol. The van der Waals surface area contributed by atoms with Gasteiger partial charge in [-0.1, -0.05) is 0 Å². The van der Waals surface area contributed by atoms with Crippen molar-refractivity contribution in [1.82, 2.24) is 25.5 Å². The Kier molecular flexibility index (Phi) is 6.76. The number of hydrogen-bond donors (Lipinski definition) is 4. The highest BCUT2D eigenvalue weighted by atomic mass is 19.4. The van der Waals surface area contributed by atoms with E-state index in [-0.39, 0.29) is 34.8 Å². The highest BCUT2D eigenvalue weighted by molar-refractivity contribution is 6.09. The monoisotopic (exact) mass is 451 g/mol. The molecule has 0 aromatic carbocycles. The predicted octanol–water partition coefficient (Wildman–Crippen LogP) is 2.10. The average Bonchev–Trinajstić information content (AvgIpc) is 3.40. The number of rotatable bonds is 7. The zero-order valence-electron chi connectivity index (χ0n) is 16.9. The van der Waals surface area contributed by atoms with E-state index >= 15 is 0 Å². The number of nitrogens with one attached hydrogen (secondary N) is 4. The zero-order valence-corrected chi connectivity index (χ0v) is 16.9. The molecule has 170 valence electrons. The molecule has 0 atom stereocenters. The Hall–Kier alpha value is -3.90. The van der Waals surface area contributed by atoms with Gasteiger partial charge in [0.15, 0.2) is 11.5 Å². The van der Waals surface area contributed by atoms with Crippen molar-refractivity contribution in [3.8, 4) is 11.5 Å². The van der Waals surface area contributed by atoms with E-state index in [1.807, 2.05) is 0 Å². The number of likely N-dealkylation sites (tertiary alicyclic amines) is 1. The molecule has 0 radical (unpaired) electrons. The number of aromatic nitrogens is 2. The van der Waals surface area contributed by atoms with Gasteiger partial charge in [0.05, 0.1) is 5.70 Å². The highest BCUT2D eigenvalue weighted by Crippen LogP contribution is 2.22. The van der Waals surface area contributed by atoms with E-state index in [1.165, 1.54) is 29.4 Å². The standard InChI is InChI=1S/C19H20F3N7O3/c1-24-8-12(16(23)29-6-2-3-15(29)30)27-17(31)13-9-32-18(28-13)11-4-5-25-14(7-11)26-10-19(20,21)22/h4-5,7-9,23-24H,2-3,6,10H2,1H3,(H,25,26)(H,27,31)/b12-8+,23-16?. The fourth-order valence-corrected chi connectivity index (χ4v) is 2.89. The summed E-state index contributed by atoms with van der Waals surface area (Å²) in [4.78, 5) is 33.6. The Balaban J connectivity index is 1.72. The molecule has 10 nitrogen and oxygen atoms in total. The van der Waals surface area contributed by atoms with Crippen molar-refractivity contribution in [2.24, 2.45) is 0 Å². The minimum absolute atomic E-state index is 0.00319. The van der Waals surface area contributed by atoms with Crippen LogP contribution < -0.4 is 16.0 Å². The summed E-state index contributed by atoms with van der Waals surface area (Å²) in [6.45, 7) is -0.871. The summed E-state index contributed by atoms with van der Waals surface area (Å²) >= 11 is 0. The van der Waals surface area contributed by atoms with Gasteiger partial charge in [0.2, 0.25) is 11.8 Å². The third kappa shape index (κ3) is 5.62. The number of anilines is 1. The summed E-state index contributed by atoms with van der Waals surface area (Å²) in [5.74, 6) is -1.10. The van der Waals surface area contributed by atoms with Crippen LogP contribution in [0.25, 0.3) is 11.5 Å². The molecule has 0 spiro atoms. The molecule has 4 N–H and O–H groups in total. The van der Waals surface area contributed by atoms with Crippen molar-refractivity contribution in [2.45, 2.75) is 19.0 Å². The van der Waals surface area contributed by atoms with Gasteiger partial charge in [-0.05, 0) is 18.6 Å². The van der Waals surface area contributed by atoms with Crippen molar-refractivity contribution in [1.29, 1.82) is 5.41 Å². The lowest BCUT2D eigenvalue weighted by molar-refractivity contribution is -0.124. The van der Waals surface area contributed by atoms with E-state index in [2.05, 4.69) is 25.9 Å². The molecular weight excluding hydrogens is 431 g/mol. The first-order valence-electron chi connectivity index (χ1n) is 9.48. The topological polar surface area (TPSA) is 136 Å². The molecule has 1 aliphatic heterocycles. The molecule has 0 aliphatic carbocycles.